The third-order valence-electron chi connectivity index (χ3n) is 13.6. The Morgan fingerprint density at radius 3 is 1.32 bits per heavy atom. The molecule has 1 rings (SSSR count). The predicted molar refractivity (Wildman–Crippen MR) is 273 cm³/mol. The second kappa shape index (κ2) is 46.0. The number of carbonyl (C=O) groups is 1. The van der Waals surface area contributed by atoms with Gasteiger partial charge in [0.2, 0.25) is 5.91 Å². The second-order valence-electron chi connectivity index (χ2n) is 19.9. The summed E-state index contributed by atoms with van der Waals surface area (Å²) in [6, 6.07) is -0.993. The van der Waals surface area contributed by atoms with Gasteiger partial charge in [-0.05, 0) is 32.1 Å². The molecule has 1 aliphatic heterocycles. The van der Waals surface area contributed by atoms with Gasteiger partial charge in [-0.1, -0.05) is 256 Å². The first kappa shape index (κ1) is 62.6. The molecular formula is C56H107NO9. The summed E-state index contributed by atoms with van der Waals surface area (Å²) >= 11 is 0. The maximum atomic E-state index is 13.1. The molecule has 0 aromatic rings. The summed E-state index contributed by atoms with van der Waals surface area (Å²) in [5.74, 6) is -0.623. The molecule has 0 aromatic heterocycles. The number of nitrogens with one attached hydrogen (secondary N) is 1. The minimum Gasteiger partial charge on any atom is -0.394 e. The molecule has 10 heteroatoms. The summed E-state index contributed by atoms with van der Waals surface area (Å²) in [5.41, 5.74) is 0. The third kappa shape index (κ3) is 34.8. The quantitative estimate of drug-likeness (QED) is 0.0232. The molecule has 0 aliphatic carbocycles. The van der Waals surface area contributed by atoms with E-state index in [9.17, 15) is 35.4 Å². The number of aliphatic hydroxyl groups excluding tert-OH is 6. The van der Waals surface area contributed by atoms with Crippen LogP contribution in [0, 0.1) is 0 Å². The fourth-order valence-electron chi connectivity index (χ4n) is 9.06. The van der Waals surface area contributed by atoms with E-state index < -0.39 is 61.5 Å². The number of amides is 1. The highest BCUT2D eigenvalue weighted by Crippen LogP contribution is 2.23. The number of hydrogen-bond donors (Lipinski definition) is 7. The largest absolute Gasteiger partial charge is 0.394 e. The first-order valence-electron chi connectivity index (χ1n) is 28.2. The number of hydrogen-bond acceptors (Lipinski definition) is 9. The van der Waals surface area contributed by atoms with Crippen LogP contribution in [0.3, 0.4) is 0 Å². The van der Waals surface area contributed by atoms with E-state index in [0.717, 1.165) is 38.5 Å². The Morgan fingerprint density at radius 2 is 0.894 bits per heavy atom. The van der Waals surface area contributed by atoms with Crippen LogP contribution in [-0.2, 0) is 14.3 Å². The van der Waals surface area contributed by atoms with Crippen molar-refractivity contribution in [3.05, 3.63) is 24.3 Å². The van der Waals surface area contributed by atoms with Crippen molar-refractivity contribution in [2.24, 2.45) is 0 Å². The van der Waals surface area contributed by atoms with Gasteiger partial charge in [0.1, 0.15) is 30.5 Å². The lowest BCUT2D eigenvalue weighted by atomic mass is 9.99. The molecule has 8 atom stereocenters. The number of aliphatic hydroxyl groups is 6. The monoisotopic (exact) mass is 938 g/mol. The Labute approximate surface area is 405 Å². The average molecular weight is 938 g/mol. The molecule has 0 aromatic carbocycles. The molecule has 0 spiro atoms. The zero-order chi connectivity index (χ0) is 48.1. The van der Waals surface area contributed by atoms with Crippen LogP contribution in [0.4, 0.5) is 0 Å². The first-order valence-corrected chi connectivity index (χ1v) is 28.2. The Bertz CT molecular complexity index is 1110. The van der Waals surface area contributed by atoms with E-state index in [1.807, 2.05) is 6.08 Å². The van der Waals surface area contributed by atoms with Crippen LogP contribution >= 0.6 is 0 Å². The number of unbranched alkanes of at least 4 members (excludes halogenated alkanes) is 35. The predicted octanol–water partition coefficient (Wildman–Crippen LogP) is 12.4. The fourth-order valence-corrected chi connectivity index (χ4v) is 9.06. The summed E-state index contributed by atoms with van der Waals surface area (Å²) in [6.07, 6.45) is 47.4. The molecule has 390 valence electrons. The number of allylic oxidation sites excluding steroid dienone is 3. The average Bonchev–Trinajstić information content (AvgIpc) is 3.32. The van der Waals surface area contributed by atoms with Crippen molar-refractivity contribution in [1.29, 1.82) is 0 Å². The molecule has 7 N–H and O–H groups in total. The van der Waals surface area contributed by atoms with Gasteiger partial charge in [0.25, 0.3) is 0 Å². The summed E-state index contributed by atoms with van der Waals surface area (Å²) < 4.78 is 11.1. The Hall–Kier alpha value is -1.37. The Balaban J connectivity index is 2.15. The van der Waals surface area contributed by atoms with Gasteiger partial charge in [-0.15, -0.1) is 0 Å². The van der Waals surface area contributed by atoms with Crippen LogP contribution in [-0.4, -0.2) is 98.7 Å². The molecule has 1 saturated heterocycles. The molecule has 0 saturated carbocycles. The molecule has 1 aliphatic rings. The van der Waals surface area contributed by atoms with E-state index in [-0.39, 0.29) is 6.61 Å². The van der Waals surface area contributed by atoms with Gasteiger partial charge < -0.3 is 45.4 Å². The van der Waals surface area contributed by atoms with Crippen molar-refractivity contribution in [2.75, 3.05) is 13.2 Å². The summed E-state index contributed by atoms with van der Waals surface area (Å²) in [4.78, 5) is 13.1. The smallest absolute Gasteiger partial charge is 0.249 e. The van der Waals surface area contributed by atoms with Crippen LogP contribution in [0.2, 0.25) is 0 Å². The van der Waals surface area contributed by atoms with Gasteiger partial charge in [-0.2, -0.15) is 0 Å². The van der Waals surface area contributed by atoms with Gasteiger partial charge in [0.05, 0.1) is 25.4 Å². The number of ether oxygens (including phenoxy) is 2. The summed E-state index contributed by atoms with van der Waals surface area (Å²) in [5, 5.41) is 64.7. The molecular weight excluding hydrogens is 831 g/mol. The zero-order valence-corrected chi connectivity index (χ0v) is 42.8. The molecule has 0 radical (unpaired) electrons. The topological polar surface area (TPSA) is 169 Å². The van der Waals surface area contributed by atoms with E-state index in [0.29, 0.717) is 12.8 Å². The first-order chi connectivity index (χ1) is 32.3. The molecule has 10 nitrogen and oxygen atoms in total. The lowest BCUT2D eigenvalue weighted by Gasteiger charge is -2.40. The molecule has 8 unspecified atom stereocenters. The fraction of sp³-hybridized carbons (Fsp3) is 0.911. The van der Waals surface area contributed by atoms with E-state index in [4.69, 9.17) is 9.47 Å². The maximum Gasteiger partial charge on any atom is 0.249 e. The maximum absolute atomic E-state index is 13.1. The van der Waals surface area contributed by atoms with Crippen molar-refractivity contribution in [2.45, 2.75) is 313 Å². The molecule has 66 heavy (non-hydrogen) atoms. The highest BCUT2D eigenvalue weighted by atomic mass is 16.7. The van der Waals surface area contributed by atoms with Crippen LogP contribution in [0.1, 0.15) is 264 Å². The number of rotatable bonds is 48. The lowest BCUT2D eigenvalue weighted by Crippen LogP contribution is -2.60. The van der Waals surface area contributed by atoms with Gasteiger partial charge in [-0.25, -0.2) is 0 Å². The van der Waals surface area contributed by atoms with E-state index in [2.05, 4.69) is 31.3 Å². The molecule has 1 fully saturated rings. The van der Waals surface area contributed by atoms with Crippen LogP contribution in [0.5, 0.6) is 0 Å². The SMILES string of the molecule is CCCCCCC/C=C/CC/C=C/C(O)C(COC1OC(CO)C(O)C(O)C1O)NC(=O)C(O)CCCCCCCCCCCCCCCCCCCCCCCCCCCCCCCC. The summed E-state index contributed by atoms with van der Waals surface area (Å²) in [6.45, 7) is 3.59. The van der Waals surface area contributed by atoms with Crippen LogP contribution < -0.4 is 5.32 Å². The highest BCUT2D eigenvalue weighted by Gasteiger charge is 2.44. The van der Waals surface area contributed by atoms with E-state index in [1.165, 1.54) is 199 Å². The van der Waals surface area contributed by atoms with Crippen molar-refractivity contribution in [3.8, 4) is 0 Å². The second-order valence-corrected chi connectivity index (χ2v) is 19.9. The Kier molecular flexibility index (Phi) is 43.7. The van der Waals surface area contributed by atoms with Crippen LogP contribution in [0.25, 0.3) is 0 Å². The van der Waals surface area contributed by atoms with Crippen LogP contribution in [0.15, 0.2) is 24.3 Å². The van der Waals surface area contributed by atoms with Gasteiger partial charge in [0.15, 0.2) is 6.29 Å². The van der Waals surface area contributed by atoms with E-state index in [1.54, 1.807) is 6.08 Å². The van der Waals surface area contributed by atoms with Crippen molar-refractivity contribution < 1.29 is 44.9 Å². The molecule has 0 bridgehead atoms. The minimum atomic E-state index is -1.61. The number of carbonyl (C=O) groups excluding carboxylic acids is 1. The van der Waals surface area contributed by atoms with Gasteiger partial charge in [-0.3, -0.25) is 4.79 Å². The van der Waals surface area contributed by atoms with Crippen molar-refractivity contribution in [3.63, 3.8) is 0 Å². The minimum absolute atomic E-state index is 0.308. The molecule has 1 amide bonds. The van der Waals surface area contributed by atoms with Crippen molar-refractivity contribution >= 4 is 5.91 Å². The lowest BCUT2D eigenvalue weighted by molar-refractivity contribution is -0.302. The van der Waals surface area contributed by atoms with Gasteiger partial charge in [0, 0.05) is 0 Å². The van der Waals surface area contributed by atoms with E-state index >= 15 is 0 Å². The Morgan fingerprint density at radius 1 is 0.515 bits per heavy atom. The summed E-state index contributed by atoms with van der Waals surface area (Å²) in [7, 11) is 0. The third-order valence-corrected chi connectivity index (χ3v) is 13.6. The highest BCUT2D eigenvalue weighted by molar-refractivity contribution is 5.80. The van der Waals surface area contributed by atoms with Crippen molar-refractivity contribution in [1.82, 2.24) is 5.32 Å². The standard InChI is InChI=1S/C56H107NO9/c1-3-5-7-9-11-13-15-16-17-18-19-20-21-22-23-24-25-26-27-28-29-30-31-32-33-35-37-39-41-43-45-50(60)55(64)57-48(47-65-56-54(63)53(62)52(61)51(46-58)66-56)49(59)44-42-40-38-36-34-14-12-10-8-6-4-2/h34,36,42,44,48-54,56,58-63H,3-33,35,37-41,43,45-47H2,1-2H3,(H,57,64)/b36-34+,44-42+. The van der Waals surface area contributed by atoms with Gasteiger partial charge >= 0.3 is 0 Å². The molecule has 1 heterocycles. The normalized spacial score (nSPS) is 20.4. The zero-order valence-electron chi connectivity index (χ0n) is 42.8.